The number of anilines is 1. The zero-order chi connectivity index (χ0) is 12.6. The van der Waals surface area contributed by atoms with Crippen LogP contribution in [-0.2, 0) is 0 Å². The number of nitrogens with two attached hydrogens (primary N) is 1. The number of para-hydroxylation sites is 1. The Hall–Kier alpha value is -1.51. The summed E-state index contributed by atoms with van der Waals surface area (Å²) in [5, 5.41) is 7.66. The highest BCUT2D eigenvalue weighted by Gasteiger charge is 2.33. The number of benzene rings is 1. The maximum absolute atomic E-state index is 7.66. The van der Waals surface area contributed by atoms with Crippen LogP contribution in [0.15, 0.2) is 18.2 Å². The molecule has 2 unspecified atom stereocenters. The van der Waals surface area contributed by atoms with Crippen LogP contribution in [-0.4, -0.2) is 19.4 Å². The second kappa shape index (κ2) is 4.40. The van der Waals surface area contributed by atoms with Crippen LogP contribution in [0.4, 0.5) is 5.69 Å². The van der Waals surface area contributed by atoms with Crippen LogP contribution >= 0.6 is 0 Å². The number of nitrogens with zero attached hydrogens (tertiary/aromatic N) is 1. The minimum absolute atomic E-state index is 0.152. The Bertz CT molecular complexity index is 439. The molecule has 0 aromatic heterocycles. The molecule has 3 N–H and O–H groups in total. The summed E-state index contributed by atoms with van der Waals surface area (Å²) in [7, 11) is 2.10. The van der Waals surface area contributed by atoms with Gasteiger partial charge in [0.25, 0.3) is 0 Å². The summed E-state index contributed by atoms with van der Waals surface area (Å²) >= 11 is 0. The Morgan fingerprint density at radius 1 is 1.53 bits per heavy atom. The molecule has 92 valence electrons. The molecule has 1 aromatic rings. The monoisotopic (exact) mass is 231 g/mol. The largest absolute Gasteiger partial charge is 0.384 e. The molecule has 1 aromatic carbocycles. The molecule has 1 saturated carbocycles. The van der Waals surface area contributed by atoms with Gasteiger partial charge in [-0.1, -0.05) is 19.1 Å². The number of nitrogens with one attached hydrogen (secondary N) is 1. The first-order valence-electron chi connectivity index (χ1n) is 6.16. The van der Waals surface area contributed by atoms with Crippen molar-refractivity contribution in [2.45, 2.75) is 20.3 Å². The van der Waals surface area contributed by atoms with E-state index in [-0.39, 0.29) is 5.84 Å². The first-order chi connectivity index (χ1) is 8.00. The van der Waals surface area contributed by atoms with Crippen molar-refractivity contribution in [1.82, 2.24) is 0 Å². The molecule has 2 rings (SSSR count). The van der Waals surface area contributed by atoms with Crippen molar-refractivity contribution in [2.24, 2.45) is 17.6 Å². The van der Waals surface area contributed by atoms with E-state index in [1.807, 2.05) is 12.1 Å². The van der Waals surface area contributed by atoms with Crippen molar-refractivity contribution in [3.63, 3.8) is 0 Å². The van der Waals surface area contributed by atoms with Gasteiger partial charge in [-0.2, -0.15) is 0 Å². The quantitative estimate of drug-likeness (QED) is 0.617. The molecule has 0 radical (unpaired) electrons. The topological polar surface area (TPSA) is 53.1 Å². The zero-order valence-electron chi connectivity index (χ0n) is 10.8. The van der Waals surface area contributed by atoms with Gasteiger partial charge in [0, 0.05) is 19.2 Å². The fourth-order valence-electron chi connectivity index (χ4n) is 2.48. The van der Waals surface area contributed by atoms with E-state index >= 15 is 0 Å². The SMILES string of the molecule is Cc1cccc(C(=N)N)c1N(C)CC1CC1C. The molecule has 1 aliphatic rings. The van der Waals surface area contributed by atoms with E-state index in [4.69, 9.17) is 11.1 Å². The normalized spacial score (nSPS) is 22.3. The molecule has 0 amide bonds. The van der Waals surface area contributed by atoms with E-state index in [0.717, 1.165) is 29.6 Å². The summed E-state index contributed by atoms with van der Waals surface area (Å²) in [4.78, 5) is 2.25. The third kappa shape index (κ3) is 2.43. The summed E-state index contributed by atoms with van der Waals surface area (Å²) in [5.41, 5.74) is 8.80. The maximum Gasteiger partial charge on any atom is 0.124 e. The van der Waals surface area contributed by atoms with Crippen molar-refractivity contribution in [3.8, 4) is 0 Å². The summed E-state index contributed by atoms with van der Waals surface area (Å²) in [6, 6.07) is 5.97. The van der Waals surface area contributed by atoms with Crippen molar-refractivity contribution in [3.05, 3.63) is 29.3 Å². The van der Waals surface area contributed by atoms with E-state index < -0.39 is 0 Å². The van der Waals surface area contributed by atoms with Crippen LogP contribution < -0.4 is 10.6 Å². The molecular weight excluding hydrogens is 210 g/mol. The highest BCUT2D eigenvalue weighted by atomic mass is 15.1. The van der Waals surface area contributed by atoms with Gasteiger partial charge in [-0.3, -0.25) is 5.41 Å². The second-order valence-electron chi connectivity index (χ2n) is 5.24. The zero-order valence-corrected chi connectivity index (χ0v) is 10.8. The number of amidine groups is 1. The van der Waals surface area contributed by atoms with Crippen LogP contribution in [0.1, 0.15) is 24.5 Å². The molecule has 1 fully saturated rings. The predicted molar refractivity (Wildman–Crippen MR) is 72.7 cm³/mol. The van der Waals surface area contributed by atoms with Gasteiger partial charge in [0.15, 0.2) is 0 Å². The lowest BCUT2D eigenvalue weighted by Crippen LogP contribution is -2.25. The van der Waals surface area contributed by atoms with E-state index in [9.17, 15) is 0 Å². The molecule has 2 atom stereocenters. The van der Waals surface area contributed by atoms with Crippen molar-refractivity contribution in [1.29, 1.82) is 5.41 Å². The second-order valence-corrected chi connectivity index (χ2v) is 5.24. The highest BCUT2D eigenvalue weighted by molar-refractivity contribution is 6.01. The number of hydrogen-bond acceptors (Lipinski definition) is 2. The summed E-state index contributed by atoms with van der Waals surface area (Å²) in [6.07, 6.45) is 1.33. The Morgan fingerprint density at radius 3 is 2.71 bits per heavy atom. The first kappa shape index (κ1) is 12.0. The van der Waals surface area contributed by atoms with Crippen molar-refractivity contribution in [2.75, 3.05) is 18.5 Å². The molecular formula is C14H21N3. The number of aryl methyl sites for hydroxylation is 1. The number of rotatable bonds is 4. The van der Waals surface area contributed by atoms with Crippen LogP contribution in [0.2, 0.25) is 0 Å². The predicted octanol–water partition coefficient (Wildman–Crippen LogP) is 2.37. The molecule has 1 aliphatic carbocycles. The fourth-order valence-corrected chi connectivity index (χ4v) is 2.48. The van der Waals surface area contributed by atoms with Crippen LogP contribution in [0.25, 0.3) is 0 Å². The van der Waals surface area contributed by atoms with Crippen LogP contribution in [0, 0.1) is 24.2 Å². The van der Waals surface area contributed by atoms with E-state index in [2.05, 4.69) is 31.9 Å². The lowest BCUT2D eigenvalue weighted by molar-refractivity contribution is 0.724. The third-order valence-electron chi connectivity index (χ3n) is 3.69. The summed E-state index contributed by atoms with van der Waals surface area (Å²) < 4.78 is 0. The van der Waals surface area contributed by atoms with Gasteiger partial charge in [-0.15, -0.1) is 0 Å². The smallest absolute Gasteiger partial charge is 0.124 e. The Kier molecular flexibility index (Phi) is 3.09. The van der Waals surface area contributed by atoms with Crippen LogP contribution in [0.3, 0.4) is 0 Å². The molecule has 0 aliphatic heterocycles. The molecule has 0 saturated heterocycles. The summed E-state index contributed by atoms with van der Waals surface area (Å²) in [5.74, 6) is 1.81. The third-order valence-corrected chi connectivity index (χ3v) is 3.69. The van der Waals surface area contributed by atoms with Gasteiger partial charge in [-0.05, 0) is 36.8 Å². The standard InChI is InChI=1S/C14H21N3/c1-9-5-4-6-12(14(15)16)13(9)17(3)8-11-7-10(11)2/h4-6,10-11H,7-8H2,1-3H3,(H3,15,16). The van der Waals surface area contributed by atoms with Gasteiger partial charge in [0.1, 0.15) is 5.84 Å². The number of nitrogen functional groups attached to an aromatic ring is 1. The van der Waals surface area contributed by atoms with Gasteiger partial charge in [0.2, 0.25) is 0 Å². The molecule has 3 heteroatoms. The van der Waals surface area contributed by atoms with E-state index in [0.29, 0.717) is 0 Å². The average molecular weight is 231 g/mol. The van der Waals surface area contributed by atoms with E-state index in [1.54, 1.807) is 0 Å². The Labute approximate surface area is 103 Å². The Morgan fingerprint density at radius 2 is 2.18 bits per heavy atom. The van der Waals surface area contributed by atoms with Crippen LogP contribution in [0.5, 0.6) is 0 Å². The van der Waals surface area contributed by atoms with Gasteiger partial charge in [0.05, 0.1) is 5.69 Å². The van der Waals surface area contributed by atoms with Crippen molar-refractivity contribution >= 4 is 11.5 Å². The molecule has 0 spiro atoms. The van der Waals surface area contributed by atoms with Gasteiger partial charge >= 0.3 is 0 Å². The molecule has 17 heavy (non-hydrogen) atoms. The molecule has 3 nitrogen and oxygen atoms in total. The lowest BCUT2D eigenvalue weighted by Gasteiger charge is -2.24. The highest BCUT2D eigenvalue weighted by Crippen LogP contribution is 2.39. The minimum Gasteiger partial charge on any atom is -0.384 e. The van der Waals surface area contributed by atoms with Crippen molar-refractivity contribution < 1.29 is 0 Å². The molecule has 0 bridgehead atoms. The molecule has 0 heterocycles. The average Bonchev–Trinajstić information content (AvgIpc) is 2.93. The van der Waals surface area contributed by atoms with E-state index in [1.165, 1.54) is 12.0 Å². The lowest BCUT2D eigenvalue weighted by atomic mass is 10.1. The van der Waals surface area contributed by atoms with Gasteiger partial charge in [-0.25, -0.2) is 0 Å². The first-order valence-corrected chi connectivity index (χ1v) is 6.16. The minimum atomic E-state index is 0.152. The Balaban J connectivity index is 2.26. The fraction of sp³-hybridized carbons (Fsp3) is 0.500. The van der Waals surface area contributed by atoms with Gasteiger partial charge < -0.3 is 10.6 Å². The number of hydrogen-bond donors (Lipinski definition) is 2. The maximum atomic E-state index is 7.66. The summed E-state index contributed by atoms with van der Waals surface area (Å²) in [6.45, 7) is 5.43.